The molecule has 2 N–H and O–H groups in total. The topological polar surface area (TPSA) is 99.2 Å². The molecule has 9 heteroatoms. The molecule has 3 aromatic rings. The van der Waals surface area contributed by atoms with Crippen LogP contribution in [0.3, 0.4) is 0 Å². The van der Waals surface area contributed by atoms with Crippen LogP contribution in [0.2, 0.25) is 0 Å². The number of rotatable bonds is 5. The summed E-state index contributed by atoms with van der Waals surface area (Å²) in [6.07, 6.45) is 2.30. The quantitative estimate of drug-likeness (QED) is 0.662. The molecule has 0 unspecified atom stereocenters. The normalized spacial score (nSPS) is 14.5. The maximum atomic E-state index is 12.8. The summed E-state index contributed by atoms with van der Waals surface area (Å²) in [4.78, 5) is 32.3. The number of hydrogen-bond acceptors (Lipinski definition) is 5. The fourth-order valence-corrected chi connectivity index (χ4v) is 3.83. The Labute approximate surface area is 175 Å². The van der Waals surface area contributed by atoms with Crippen molar-refractivity contribution >= 4 is 28.7 Å². The summed E-state index contributed by atoms with van der Waals surface area (Å²) in [6.45, 7) is 6.33. The van der Waals surface area contributed by atoms with Gasteiger partial charge in [-0.2, -0.15) is 0 Å². The SMILES string of the molecule is CC(C)NC(=O)c1nnc(N2CCN(C(=O)Cc3c[nH]c4ccccc34)CC2)n1C. The van der Waals surface area contributed by atoms with E-state index in [0.717, 1.165) is 16.5 Å². The number of fused-ring (bicyclic) bond motifs is 1. The number of carbonyl (C=O) groups is 2. The van der Waals surface area contributed by atoms with E-state index in [1.807, 2.05) is 49.2 Å². The van der Waals surface area contributed by atoms with Gasteiger partial charge in [-0.25, -0.2) is 0 Å². The first-order valence-corrected chi connectivity index (χ1v) is 10.2. The molecule has 0 radical (unpaired) electrons. The van der Waals surface area contributed by atoms with Crippen molar-refractivity contribution < 1.29 is 9.59 Å². The van der Waals surface area contributed by atoms with Crippen molar-refractivity contribution in [1.29, 1.82) is 0 Å². The van der Waals surface area contributed by atoms with E-state index in [2.05, 4.69) is 25.4 Å². The standard InChI is InChI=1S/C21H27N7O2/c1-14(2)23-20(30)19-24-25-21(26(19)3)28-10-8-27(9-11-28)18(29)12-15-13-22-17-7-5-4-6-16(15)17/h4-7,13-14,22H,8-12H2,1-3H3,(H,23,30). The zero-order valence-corrected chi connectivity index (χ0v) is 17.6. The molecule has 158 valence electrons. The van der Waals surface area contributed by atoms with E-state index in [0.29, 0.717) is 38.5 Å². The van der Waals surface area contributed by atoms with Gasteiger partial charge in [-0.15, -0.1) is 10.2 Å². The van der Waals surface area contributed by atoms with Crippen molar-refractivity contribution in [3.05, 3.63) is 41.9 Å². The van der Waals surface area contributed by atoms with Crippen LogP contribution in [0.5, 0.6) is 0 Å². The largest absolute Gasteiger partial charge is 0.361 e. The number of aromatic amines is 1. The summed E-state index contributed by atoms with van der Waals surface area (Å²) >= 11 is 0. The van der Waals surface area contributed by atoms with E-state index >= 15 is 0 Å². The second kappa shape index (κ2) is 8.17. The zero-order chi connectivity index (χ0) is 21.3. The van der Waals surface area contributed by atoms with E-state index in [1.54, 1.807) is 11.6 Å². The maximum Gasteiger partial charge on any atom is 0.289 e. The van der Waals surface area contributed by atoms with E-state index in [4.69, 9.17) is 0 Å². The fourth-order valence-electron chi connectivity index (χ4n) is 3.83. The predicted octanol–water partition coefficient (Wildman–Crippen LogP) is 1.33. The summed E-state index contributed by atoms with van der Waals surface area (Å²) in [6, 6.07) is 8.05. The highest BCUT2D eigenvalue weighted by molar-refractivity contribution is 5.91. The van der Waals surface area contributed by atoms with Gasteiger partial charge < -0.3 is 20.1 Å². The molecule has 1 saturated heterocycles. The average molecular weight is 409 g/mol. The van der Waals surface area contributed by atoms with E-state index in [1.165, 1.54) is 0 Å². The van der Waals surface area contributed by atoms with E-state index in [9.17, 15) is 9.59 Å². The molecule has 30 heavy (non-hydrogen) atoms. The molecule has 4 rings (SSSR count). The number of nitrogens with one attached hydrogen (secondary N) is 2. The van der Waals surface area contributed by atoms with Crippen LogP contribution in [-0.2, 0) is 18.3 Å². The molecule has 1 fully saturated rings. The number of aromatic nitrogens is 4. The maximum absolute atomic E-state index is 12.8. The van der Waals surface area contributed by atoms with Crippen LogP contribution < -0.4 is 10.2 Å². The molecule has 1 aliphatic rings. The van der Waals surface area contributed by atoms with Crippen LogP contribution in [0, 0.1) is 0 Å². The number of hydrogen-bond donors (Lipinski definition) is 2. The third-order valence-corrected chi connectivity index (χ3v) is 5.41. The molecule has 0 bridgehead atoms. The minimum absolute atomic E-state index is 0.0318. The predicted molar refractivity (Wildman–Crippen MR) is 114 cm³/mol. The Hall–Kier alpha value is -3.36. The number of carbonyl (C=O) groups excluding carboxylic acids is 2. The third kappa shape index (κ3) is 3.87. The minimum Gasteiger partial charge on any atom is -0.361 e. The van der Waals surface area contributed by atoms with Crippen LogP contribution in [0.4, 0.5) is 5.95 Å². The Morgan fingerprint density at radius 3 is 2.60 bits per heavy atom. The molecule has 0 saturated carbocycles. The molecule has 0 atom stereocenters. The number of nitrogens with zero attached hydrogens (tertiary/aromatic N) is 5. The highest BCUT2D eigenvalue weighted by atomic mass is 16.2. The van der Waals surface area contributed by atoms with Crippen molar-refractivity contribution in [2.24, 2.45) is 7.05 Å². The number of amides is 2. The molecule has 1 aliphatic heterocycles. The van der Waals surface area contributed by atoms with Gasteiger partial charge in [-0.1, -0.05) is 18.2 Å². The first kappa shape index (κ1) is 19.9. The molecular weight excluding hydrogens is 382 g/mol. The lowest BCUT2D eigenvalue weighted by atomic mass is 10.1. The van der Waals surface area contributed by atoms with Crippen molar-refractivity contribution in [2.45, 2.75) is 26.3 Å². The van der Waals surface area contributed by atoms with Crippen LogP contribution in [0.15, 0.2) is 30.5 Å². The lowest BCUT2D eigenvalue weighted by molar-refractivity contribution is -0.130. The van der Waals surface area contributed by atoms with E-state index < -0.39 is 0 Å². The van der Waals surface area contributed by atoms with Crippen molar-refractivity contribution in [3.8, 4) is 0 Å². The first-order valence-electron chi connectivity index (χ1n) is 10.2. The highest BCUT2D eigenvalue weighted by Gasteiger charge is 2.26. The number of piperazine rings is 1. The summed E-state index contributed by atoms with van der Waals surface area (Å²) in [5.74, 6) is 0.817. The van der Waals surface area contributed by atoms with Crippen LogP contribution in [-0.4, -0.2) is 68.7 Å². The zero-order valence-electron chi connectivity index (χ0n) is 17.6. The number of H-pyrrole nitrogens is 1. The molecule has 0 aliphatic carbocycles. The van der Waals surface area contributed by atoms with Crippen molar-refractivity contribution in [1.82, 2.24) is 30.0 Å². The fraction of sp³-hybridized carbons (Fsp3) is 0.429. The highest BCUT2D eigenvalue weighted by Crippen LogP contribution is 2.20. The van der Waals surface area contributed by atoms with Gasteiger partial charge in [0.1, 0.15) is 0 Å². The summed E-state index contributed by atoms with van der Waals surface area (Å²) < 4.78 is 1.71. The van der Waals surface area contributed by atoms with Gasteiger partial charge in [0.15, 0.2) is 0 Å². The van der Waals surface area contributed by atoms with Crippen LogP contribution >= 0.6 is 0 Å². The average Bonchev–Trinajstić information content (AvgIpc) is 3.31. The number of para-hydroxylation sites is 1. The Bertz CT molecular complexity index is 1060. The summed E-state index contributed by atoms with van der Waals surface area (Å²) in [5.41, 5.74) is 2.07. The second-order valence-electron chi connectivity index (χ2n) is 7.91. The van der Waals surface area contributed by atoms with Crippen molar-refractivity contribution in [2.75, 3.05) is 31.1 Å². The molecular formula is C21H27N7O2. The van der Waals surface area contributed by atoms with Gasteiger partial charge >= 0.3 is 0 Å². The monoisotopic (exact) mass is 409 g/mol. The third-order valence-electron chi connectivity index (χ3n) is 5.41. The summed E-state index contributed by atoms with van der Waals surface area (Å²) in [5, 5.41) is 12.2. The smallest absolute Gasteiger partial charge is 0.289 e. The molecule has 2 amide bonds. The minimum atomic E-state index is -0.237. The van der Waals surface area contributed by atoms with Gasteiger partial charge in [0, 0.05) is 56.4 Å². The van der Waals surface area contributed by atoms with E-state index in [-0.39, 0.29) is 23.7 Å². The van der Waals surface area contributed by atoms with Gasteiger partial charge in [0.2, 0.25) is 17.7 Å². The van der Waals surface area contributed by atoms with Crippen molar-refractivity contribution in [3.63, 3.8) is 0 Å². The van der Waals surface area contributed by atoms with Crippen LogP contribution in [0.1, 0.15) is 30.0 Å². The Balaban J connectivity index is 1.37. The Morgan fingerprint density at radius 2 is 1.87 bits per heavy atom. The lowest BCUT2D eigenvalue weighted by Gasteiger charge is -2.35. The lowest BCUT2D eigenvalue weighted by Crippen LogP contribution is -2.50. The van der Waals surface area contributed by atoms with Crippen LogP contribution in [0.25, 0.3) is 10.9 Å². The van der Waals surface area contributed by atoms with Gasteiger partial charge in [0.05, 0.1) is 6.42 Å². The molecule has 9 nitrogen and oxygen atoms in total. The molecule has 2 aromatic heterocycles. The summed E-state index contributed by atoms with van der Waals surface area (Å²) in [7, 11) is 1.79. The molecule has 3 heterocycles. The number of benzene rings is 1. The second-order valence-corrected chi connectivity index (χ2v) is 7.91. The first-order chi connectivity index (χ1) is 14.4. The Morgan fingerprint density at radius 1 is 1.13 bits per heavy atom. The van der Waals surface area contributed by atoms with Gasteiger partial charge in [0.25, 0.3) is 5.91 Å². The molecule has 0 spiro atoms. The molecule has 1 aromatic carbocycles. The van der Waals surface area contributed by atoms with Gasteiger partial charge in [-0.05, 0) is 25.5 Å². The number of anilines is 1. The van der Waals surface area contributed by atoms with Gasteiger partial charge in [-0.3, -0.25) is 14.2 Å². The Kier molecular flexibility index (Phi) is 5.43.